The van der Waals surface area contributed by atoms with Crippen LogP contribution < -0.4 is 4.90 Å². The monoisotopic (exact) mass is 361 g/mol. The van der Waals surface area contributed by atoms with Crippen molar-refractivity contribution in [3.05, 3.63) is 30.1 Å². The van der Waals surface area contributed by atoms with Gasteiger partial charge in [0.1, 0.15) is 5.82 Å². The zero-order valence-corrected chi connectivity index (χ0v) is 15.5. The van der Waals surface area contributed by atoms with Crippen LogP contribution in [0.1, 0.15) is 19.3 Å². The predicted octanol–water partition coefficient (Wildman–Crippen LogP) is 1.98. The van der Waals surface area contributed by atoms with Crippen LogP contribution in [0.15, 0.2) is 24.3 Å². The number of amides is 1. The number of piperazine rings is 1. The maximum Gasteiger partial charge on any atom is 0.241 e. The Bertz CT molecular complexity index is 664. The lowest BCUT2D eigenvalue weighted by Gasteiger charge is -2.47. The zero-order chi connectivity index (χ0) is 18.1. The first-order valence-corrected chi connectivity index (χ1v) is 9.63. The van der Waals surface area contributed by atoms with Gasteiger partial charge in [-0.05, 0) is 50.4 Å². The summed E-state index contributed by atoms with van der Waals surface area (Å²) in [6, 6.07) is 6.39. The van der Waals surface area contributed by atoms with Crippen LogP contribution in [-0.4, -0.2) is 74.2 Å². The van der Waals surface area contributed by atoms with E-state index in [9.17, 15) is 9.18 Å². The Labute approximate surface area is 154 Å². The highest BCUT2D eigenvalue weighted by atomic mass is 19.1. The van der Waals surface area contributed by atoms with Crippen molar-refractivity contribution in [3.63, 3.8) is 0 Å². The smallest absolute Gasteiger partial charge is 0.241 e. The second kappa shape index (κ2) is 7.25. The van der Waals surface area contributed by atoms with Crippen molar-refractivity contribution < 1.29 is 13.9 Å². The summed E-state index contributed by atoms with van der Waals surface area (Å²) in [6.45, 7) is 5.94. The standard InChI is InChI=1S/C20H28FN3O2/c1-22-13-19(25)24(18-4-2-3-17(21)11-18)15-20(22)7-8-23(14-20)12-16-5-9-26-10-6-16/h2-4,11,16H,5-10,12-15H2,1H3/t20-/m0/s1. The van der Waals surface area contributed by atoms with Crippen LogP contribution >= 0.6 is 0 Å². The molecule has 0 unspecified atom stereocenters. The van der Waals surface area contributed by atoms with Gasteiger partial charge < -0.3 is 14.5 Å². The summed E-state index contributed by atoms with van der Waals surface area (Å²) in [7, 11) is 2.05. The Kier molecular flexibility index (Phi) is 4.99. The molecule has 3 aliphatic rings. The van der Waals surface area contributed by atoms with Gasteiger partial charge in [0.15, 0.2) is 0 Å². The van der Waals surface area contributed by atoms with E-state index in [2.05, 4.69) is 16.8 Å². The lowest BCUT2D eigenvalue weighted by atomic mass is 9.92. The first-order chi connectivity index (χ1) is 12.6. The molecule has 3 saturated heterocycles. The highest BCUT2D eigenvalue weighted by molar-refractivity contribution is 5.96. The van der Waals surface area contributed by atoms with E-state index in [-0.39, 0.29) is 17.3 Å². The van der Waals surface area contributed by atoms with Crippen molar-refractivity contribution in [2.45, 2.75) is 24.8 Å². The number of hydrogen-bond acceptors (Lipinski definition) is 4. The van der Waals surface area contributed by atoms with Gasteiger partial charge in [-0.1, -0.05) is 6.07 Å². The average molecular weight is 361 g/mol. The molecule has 1 aromatic carbocycles. The van der Waals surface area contributed by atoms with E-state index in [4.69, 9.17) is 4.74 Å². The Morgan fingerprint density at radius 1 is 1.27 bits per heavy atom. The lowest BCUT2D eigenvalue weighted by Crippen LogP contribution is -2.64. The molecule has 3 aliphatic heterocycles. The average Bonchev–Trinajstić information content (AvgIpc) is 3.03. The number of ether oxygens (including phenoxy) is 1. The summed E-state index contributed by atoms with van der Waals surface area (Å²) in [4.78, 5) is 19.1. The molecule has 1 atom stereocenters. The fraction of sp³-hybridized carbons (Fsp3) is 0.650. The minimum absolute atomic E-state index is 0.0363. The van der Waals surface area contributed by atoms with Crippen LogP contribution in [0.2, 0.25) is 0 Å². The SMILES string of the molecule is CN1CC(=O)N(c2cccc(F)c2)C[C@@]12CCN(CC1CCOCC1)C2. The number of likely N-dealkylation sites (N-methyl/N-ethyl adjacent to an activating group) is 1. The molecule has 26 heavy (non-hydrogen) atoms. The molecular formula is C20H28FN3O2. The van der Waals surface area contributed by atoms with Crippen LogP contribution in [-0.2, 0) is 9.53 Å². The summed E-state index contributed by atoms with van der Waals surface area (Å²) in [5.74, 6) is 0.469. The Morgan fingerprint density at radius 2 is 2.08 bits per heavy atom. The third-order valence-corrected chi connectivity index (χ3v) is 6.32. The van der Waals surface area contributed by atoms with Crippen molar-refractivity contribution in [2.24, 2.45) is 5.92 Å². The Balaban J connectivity index is 1.47. The minimum atomic E-state index is -0.296. The normalized spacial score (nSPS) is 29.0. The van der Waals surface area contributed by atoms with Crippen LogP contribution in [0.25, 0.3) is 0 Å². The topological polar surface area (TPSA) is 36.0 Å². The molecule has 0 bridgehead atoms. The maximum absolute atomic E-state index is 13.7. The van der Waals surface area contributed by atoms with Gasteiger partial charge in [0.25, 0.3) is 0 Å². The largest absolute Gasteiger partial charge is 0.381 e. The number of rotatable bonds is 3. The molecule has 1 aromatic rings. The summed E-state index contributed by atoms with van der Waals surface area (Å²) >= 11 is 0. The van der Waals surface area contributed by atoms with Crippen LogP contribution in [0.4, 0.5) is 10.1 Å². The van der Waals surface area contributed by atoms with Gasteiger partial charge in [0, 0.05) is 45.1 Å². The molecule has 0 aromatic heterocycles. The zero-order valence-electron chi connectivity index (χ0n) is 15.5. The first-order valence-electron chi connectivity index (χ1n) is 9.63. The molecule has 1 spiro atoms. The predicted molar refractivity (Wildman–Crippen MR) is 98.7 cm³/mol. The minimum Gasteiger partial charge on any atom is -0.381 e. The van der Waals surface area contributed by atoms with Crippen LogP contribution in [0, 0.1) is 11.7 Å². The number of carbonyl (C=O) groups is 1. The maximum atomic E-state index is 13.7. The summed E-state index contributed by atoms with van der Waals surface area (Å²) in [6.07, 6.45) is 3.34. The molecule has 0 saturated carbocycles. The molecule has 0 radical (unpaired) electrons. The first kappa shape index (κ1) is 17.9. The molecule has 5 nitrogen and oxygen atoms in total. The van der Waals surface area contributed by atoms with Crippen molar-refractivity contribution in [1.29, 1.82) is 0 Å². The van der Waals surface area contributed by atoms with Gasteiger partial charge in [-0.15, -0.1) is 0 Å². The fourth-order valence-corrected chi connectivity index (χ4v) is 4.67. The van der Waals surface area contributed by atoms with Gasteiger partial charge >= 0.3 is 0 Å². The number of likely N-dealkylation sites (tertiary alicyclic amines) is 1. The molecule has 142 valence electrons. The lowest BCUT2D eigenvalue weighted by molar-refractivity contribution is -0.123. The van der Waals surface area contributed by atoms with Crippen LogP contribution in [0.3, 0.4) is 0 Å². The van der Waals surface area contributed by atoms with Gasteiger partial charge in [-0.2, -0.15) is 0 Å². The van der Waals surface area contributed by atoms with Gasteiger partial charge in [0.05, 0.1) is 12.1 Å². The fourth-order valence-electron chi connectivity index (χ4n) is 4.67. The van der Waals surface area contributed by atoms with E-state index in [1.54, 1.807) is 11.0 Å². The third-order valence-electron chi connectivity index (χ3n) is 6.32. The van der Waals surface area contributed by atoms with Crippen molar-refractivity contribution in [3.8, 4) is 0 Å². The highest BCUT2D eigenvalue weighted by Gasteiger charge is 2.47. The quantitative estimate of drug-likeness (QED) is 0.825. The van der Waals surface area contributed by atoms with E-state index in [1.807, 2.05) is 6.07 Å². The summed E-state index contributed by atoms with van der Waals surface area (Å²) in [5, 5.41) is 0. The highest BCUT2D eigenvalue weighted by Crippen LogP contribution is 2.34. The van der Waals surface area contributed by atoms with E-state index in [1.165, 1.54) is 12.1 Å². The third kappa shape index (κ3) is 3.50. The Hall–Kier alpha value is -1.50. The number of halogens is 1. The van der Waals surface area contributed by atoms with Crippen molar-refractivity contribution in [2.75, 3.05) is 57.9 Å². The Morgan fingerprint density at radius 3 is 2.85 bits per heavy atom. The molecule has 0 aliphatic carbocycles. The second-order valence-corrected chi connectivity index (χ2v) is 8.08. The molecule has 0 N–H and O–H groups in total. The van der Waals surface area contributed by atoms with Gasteiger partial charge in [0.2, 0.25) is 5.91 Å². The number of hydrogen-bond donors (Lipinski definition) is 0. The van der Waals surface area contributed by atoms with E-state index in [0.29, 0.717) is 24.7 Å². The molecule has 6 heteroatoms. The van der Waals surface area contributed by atoms with Crippen molar-refractivity contribution in [1.82, 2.24) is 9.80 Å². The van der Waals surface area contributed by atoms with E-state index in [0.717, 1.165) is 52.1 Å². The molecular weight excluding hydrogens is 333 g/mol. The van der Waals surface area contributed by atoms with Crippen LogP contribution in [0.5, 0.6) is 0 Å². The van der Waals surface area contributed by atoms with Gasteiger partial charge in [-0.25, -0.2) is 4.39 Å². The molecule has 4 rings (SSSR count). The van der Waals surface area contributed by atoms with Crippen molar-refractivity contribution >= 4 is 11.6 Å². The van der Waals surface area contributed by atoms with E-state index >= 15 is 0 Å². The summed E-state index contributed by atoms with van der Waals surface area (Å²) < 4.78 is 19.1. The number of benzene rings is 1. The summed E-state index contributed by atoms with van der Waals surface area (Å²) in [5.41, 5.74) is 0.635. The van der Waals surface area contributed by atoms with E-state index < -0.39 is 0 Å². The second-order valence-electron chi connectivity index (χ2n) is 8.08. The number of nitrogens with zero attached hydrogens (tertiary/aromatic N) is 3. The molecule has 3 heterocycles. The molecule has 1 amide bonds. The number of carbonyl (C=O) groups excluding carboxylic acids is 1. The molecule has 3 fully saturated rings. The number of anilines is 1. The van der Waals surface area contributed by atoms with Gasteiger partial charge in [-0.3, -0.25) is 9.69 Å².